The number of nitrogens with two attached hydrogens (primary N) is 1. The van der Waals surface area contributed by atoms with Crippen LogP contribution in [0, 0.1) is 0 Å². The SMILES string of the molecule is C[C@H](OC(=O)c1cn(C)c2ccccc12)C(N)=O. The topological polar surface area (TPSA) is 74.3 Å². The number of nitrogens with zero attached hydrogens (tertiary/aromatic N) is 1. The van der Waals surface area contributed by atoms with Gasteiger partial charge in [0.1, 0.15) is 0 Å². The number of amides is 1. The number of aryl methyl sites for hydroxylation is 1. The van der Waals surface area contributed by atoms with Gasteiger partial charge in [0.2, 0.25) is 0 Å². The molecule has 0 bridgehead atoms. The van der Waals surface area contributed by atoms with Crippen molar-refractivity contribution in [2.75, 3.05) is 0 Å². The van der Waals surface area contributed by atoms with Crippen molar-refractivity contribution < 1.29 is 14.3 Å². The molecule has 0 aliphatic heterocycles. The number of esters is 1. The molecule has 0 fully saturated rings. The van der Waals surface area contributed by atoms with Gasteiger partial charge in [0.25, 0.3) is 5.91 Å². The number of hydrogen-bond donors (Lipinski definition) is 1. The fourth-order valence-corrected chi connectivity index (χ4v) is 1.79. The number of carbonyl (C=O) groups is 2. The van der Waals surface area contributed by atoms with Gasteiger partial charge in [-0.15, -0.1) is 0 Å². The van der Waals surface area contributed by atoms with Crippen molar-refractivity contribution in [2.24, 2.45) is 12.8 Å². The number of hydrogen-bond acceptors (Lipinski definition) is 3. The molecule has 0 unspecified atom stereocenters. The number of ether oxygens (including phenoxy) is 1. The van der Waals surface area contributed by atoms with E-state index in [4.69, 9.17) is 10.5 Å². The monoisotopic (exact) mass is 246 g/mol. The van der Waals surface area contributed by atoms with Crippen LogP contribution in [0.3, 0.4) is 0 Å². The molecule has 5 heteroatoms. The summed E-state index contributed by atoms with van der Waals surface area (Å²) in [5, 5.41) is 0.793. The molecule has 1 atom stereocenters. The van der Waals surface area contributed by atoms with Crippen molar-refractivity contribution >= 4 is 22.8 Å². The number of para-hydroxylation sites is 1. The average Bonchev–Trinajstić information content (AvgIpc) is 2.67. The van der Waals surface area contributed by atoms with E-state index in [0.717, 1.165) is 10.9 Å². The molecule has 0 aliphatic carbocycles. The Morgan fingerprint density at radius 1 is 1.33 bits per heavy atom. The van der Waals surface area contributed by atoms with Crippen LogP contribution in [0.2, 0.25) is 0 Å². The number of aromatic nitrogens is 1. The molecular formula is C13H14N2O3. The van der Waals surface area contributed by atoms with Gasteiger partial charge in [-0.25, -0.2) is 4.79 Å². The maximum atomic E-state index is 11.9. The Bertz CT molecular complexity index is 616. The van der Waals surface area contributed by atoms with Crippen molar-refractivity contribution in [3.8, 4) is 0 Å². The molecule has 94 valence electrons. The van der Waals surface area contributed by atoms with Crippen LogP contribution in [0.4, 0.5) is 0 Å². The summed E-state index contributed by atoms with van der Waals surface area (Å²) in [7, 11) is 1.84. The minimum Gasteiger partial charge on any atom is -0.449 e. The largest absolute Gasteiger partial charge is 0.449 e. The summed E-state index contributed by atoms with van der Waals surface area (Å²) in [4.78, 5) is 22.8. The lowest BCUT2D eigenvalue weighted by Gasteiger charge is -2.08. The smallest absolute Gasteiger partial charge is 0.341 e. The second-order valence-corrected chi connectivity index (χ2v) is 4.12. The fourth-order valence-electron chi connectivity index (χ4n) is 1.79. The van der Waals surface area contributed by atoms with Gasteiger partial charge in [-0.2, -0.15) is 0 Å². The highest BCUT2D eigenvalue weighted by molar-refractivity contribution is 6.05. The van der Waals surface area contributed by atoms with E-state index in [2.05, 4.69) is 0 Å². The zero-order valence-corrected chi connectivity index (χ0v) is 10.2. The van der Waals surface area contributed by atoms with Crippen LogP contribution in [0.1, 0.15) is 17.3 Å². The zero-order valence-electron chi connectivity index (χ0n) is 10.2. The summed E-state index contributed by atoms with van der Waals surface area (Å²) in [6.45, 7) is 1.45. The van der Waals surface area contributed by atoms with Crippen molar-refractivity contribution in [3.63, 3.8) is 0 Å². The molecular weight excluding hydrogens is 232 g/mol. The first kappa shape index (κ1) is 12.2. The summed E-state index contributed by atoms with van der Waals surface area (Å²) in [6.07, 6.45) is 0.747. The van der Waals surface area contributed by atoms with Gasteiger partial charge >= 0.3 is 5.97 Å². The normalized spacial score (nSPS) is 12.3. The van der Waals surface area contributed by atoms with E-state index in [9.17, 15) is 9.59 Å². The predicted molar refractivity (Wildman–Crippen MR) is 67.0 cm³/mol. The molecule has 1 aromatic heterocycles. The van der Waals surface area contributed by atoms with E-state index in [-0.39, 0.29) is 0 Å². The zero-order chi connectivity index (χ0) is 13.3. The van der Waals surface area contributed by atoms with Crippen LogP contribution in [0.5, 0.6) is 0 Å². The Morgan fingerprint density at radius 2 is 2.00 bits per heavy atom. The molecule has 1 amide bonds. The molecule has 18 heavy (non-hydrogen) atoms. The molecule has 1 heterocycles. The molecule has 0 aliphatic rings. The lowest BCUT2D eigenvalue weighted by atomic mass is 10.2. The van der Waals surface area contributed by atoms with Gasteiger partial charge in [0, 0.05) is 24.1 Å². The van der Waals surface area contributed by atoms with Crippen molar-refractivity contribution in [3.05, 3.63) is 36.0 Å². The maximum Gasteiger partial charge on any atom is 0.341 e. The quantitative estimate of drug-likeness (QED) is 0.827. The van der Waals surface area contributed by atoms with E-state index >= 15 is 0 Å². The van der Waals surface area contributed by atoms with Gasteiger partial charge < -0.3 is 15.0 Å². The third-order valence-electron chi connectivity index (χ3n) is 2.80. The van der Waals surface area contributed by atoms with Gasteiger partial charge in [-0.1, -0.05) is 18.2 Å². The molecule has 2 aromatic rings. The Hall–Kier alpha value is -2.30. The Balaban J connectivity index is 2.37. The minimum absolute atomic E-state index is 0.432. The highest BCUT2D eigenvalue weighted by Gasteiger charge is 2.19. The molecule has 5 nitrogen and oxygen atoms in total. The third-order valence-corrected chi connectivity index (χ3v) is 2.80. The van der Waals surface area contributed by atoms with Crippen molar-refractivity contribution in [1.82, 2.24) is 4.57 Å². The molecule has 1 aromatic carbocycles. The number of primary amides is 1. The molecule has 2 rings (SSSR count). The Morgan fingerprint density at radius 3 is 2.67 bits per heavy atom. The molecule has 0 saturated heterocycles. The van der Waals surface area contributed by atoms with E-state index in [1.165, 1.54) is 6.92 Å². The van der Waals surface area contributed by atoms with Gasteiger partial charge in [0.05, 0.1) is 5.56 Å². The van der Waals surface area contributed by atoms with Crippen LogP contribution in [-0.4, -0.2) is 22.5 Å². The summed E-state index contributed by atoms with van der Waals surface area (Å²) < 4.78 is 6.83. The van der Waals surface area contributed by atoms with Gasteiger partial charge in [-0.3, -0.25) is 4.79 Å². The van der Waals surface area contributed by atoms with Crippen LogP contribution in [-0.2, 0) is 16.6 Å². The molecule has 0 spiro atoms. The van der Waals surface area contributed by atoms with Crippen LogP contribution < -0.4 is 5.73 Å². The van der Waals surface area contributed by atoms with E-state index in [0.29, 0.717) is 5.56 Å². The van der Waals surface area contributed by atoms with Crippen LogP contribution in [0.25, 0.3) is 10.9 Å². The standard InChI is InChI=1S/C13H14N2O3/c1-8(12(14)16)18-13(17)10-7-15(2)11-6-4-3-5-9(10)11/h3-8H,1-2H3,(H2,14,16)/t8-/m0/s1. The Labute approximate surface area is 104 Å². The van der Waals surface area contributed by atoms with Crippen LogP contribution in [0.15, 0.2) is 30.5 Å². The lowest BCUT2D eigenvalue weighted by Crippen LogP contribution is -2.30. The van der Waals surface area contributed by atoms with E-state index < -0.39 is 18.0 Å². The first-order chi connectivity index (χ1) is 8.50. The summed E-state index contributed by atoms with van der Waals surface area (Å²) >= 11 is 0. The fraction of sp³-hybridized carbons (Fsp3) is 0.231. The number of carbonyl (C=O) groups excluding carboxylic acids is 2. The lowest BCUT2D eigenvalue weighted by molar-refractivity contribution is -0.125. The minimum atomic E-state index is -0.934. The second-order valence-electron chi connectivity index (χ2n) is 4.12. The second kappa shape index (κ2) is 4.52. The highest BCUT2D eigenvalue weighted by atomic mass is 16.5. The van der Waals surface area contributed by atoms with Gasteiger partial charge in [0.15, 0.2) is 6.10 Å². The van der Waals surface area contributed by atoms with E-state index in [1.54, 1.807) is 6.20 Å². The number of rotatable bonds is 3. The molecule has 0 saturated carbocycles. The first-order valence-electron chi connectivity index (χ1n) is 5.55. The highest BCUT2D eigenvalue weighted by Crippen LogP contribution is 2.21. The summed E-state index contributed by atoms with van der Waals surface area (Å²) in [6, 6.07) is 7.48. The van der Waals surface area contributed by atoms with Crippen LogP contribution >= 0.6 is 0 Å². The van der Waals surface area contributed by atoms with Crippen molar-refractivity contribution in [1.29, 1.82) is 0 Å². The number of fused-ring (bicyclic) bond motifs is 1. The Kier molecular flexibility index (Phi) is 3.06. The summed E-state index contributed by atoms with van der Waals surface area (Å²) in [5.74, 6) is -1.21. The maximum absolute atomic E-state index is 11.9. The van der Waals surface area contributed by atoms with E-state index in [1.807, 2.05) is 35.9 Å². The predicted octanol–water partition coefficient (Wildman–Crippen LogP) is 1.21. The molecule has 2 N–H and O–H groups in total. The number of benzene rings is 1. The first-order valence-corrected chi connectivity index (χ1v) is 5.55. The molecule has 0 radical (unpaired) electrons. The third kappa shape index (κ3) is 2.07. The van der Waals surface area contributed by atoms with Gasteiger partial charge in [-0.05, 0) is 13.0 Å². The van der Waals surface area contributed by atoms with Crippen molar-refractivity contribution in [2.45, 2.75) is 13.0 Å². The summed E-state index contributed by atoms with van der Waals surface area (Å²) in [5.41, 5.74) is 6.42. The average molecular weight is 246 g/mol.